The summed E-state index contributed by atoms with van der Waals surface area (Å²) in [7, 11) is 0. The summed E-state index contributed by atoms with van der Waals surface area (Å²) in [6, 6.07) is 2.18. The molecule has 1 N–H and O–H groups in total. The highest BCUT2D eigenvalue weighted by molar-refractivity contribution is 9.10. The number of aromatic hydroxyl groups is 1. The number of phenolic OH excluding ortho intramolecular Hbond substituents is 1. The van der Waals surface area contributed by atoms with Gasteiger partial charge in [0.2, 0.25) is 0 Å². The molecule has 14 heavy (non-hydrogen) atoms. The number of nitro groups is 1. The molecule has 5 nitrogen and oxygen atoms in total. The molecule has 6 heteroatoms. The van der Waals surface area contributed by atoms with Crippen LogP contribution in [0, 0.1) is 10.1 Å². The average molecular weight is 260 g/mol. The van der Waals surface area contributed by atoms with E-state index in [0.717, 1.165) is 6.07 Å². The van der Waals surface area contributed by atoms with Crippen molar-refractivity contribution in [2.75, 3.05) is 0 Å². The largest absolute Gasteiger partial charge is 0.507 e. The van der Waals surface area contributed by atoms with Crippen LogP contribution in [-0.2, 0) is 0 Å². The average Bonchev–Trinajstić information content (AvgIpc) is 2.07. The normalized spacial score (nSPS) is 9.86. The van der Waals surface area contributed by atoms with Crippen molar-refractivity contribution in [3.05, 3.63) is 32.3 Å². The number of nitro benzene ring substituents is 1. The van der Waals surface area contributed by atoms with Crippen molar-refractivity contribution in [2.24, 2.45) is 0 Å². The third-order valence-corrected chi connectivity index (χ3v) is 2.28. The number of hydrogen-bond acceptors (Lipinski definition) is 4. The minimum Gasteiger partial charge on any atom is -0.507 e. The summed E-state index contributed by atoms with van der Waals surface area (Å²) in [4.78, 5) is 20.7. The van der Waals surface area contributed by atoms with Gasteiger partial charge in [0, 0.05) is 0 Å². The lowest BCUT2D eigenvalue weighted by atomic mass is 10.1. The van der Waals surface area contributed by atoms with Crippen LogP contribution in [0.25, 0.3) is 0 Å². The van der Waals surface area contributed by atoms with Crippen molar-refractivity contribution in [3.8, 4) is 5.75 Å². The van der Waals surface area contributed by atoms with Gasteiger partial charge in [0.25, 0.3) is 5.69 Å². The van der Waals surface area contributed by atoms with Crippen LogP contribution in [0.3, 0.4) is 0 Å². The third kappa shape index (κ3) is 1.90. The number of rotatable bonds is 2. The van der Waals surface area contributed by atoms with Gasteiger partial charge in [-0.2, -0.15) is 0 Å². The van der Waals surface area contributed by atoms with E-state index in [-0.39, 0.29) is 27.3 Å². The first kappa shape index (κ1) is 10.6. The first-order valence-corrected chi connectivity index (χ1v) is 4.40. The molecule has 0 saturated heterocycles. The Labute approximate surface area is 87.6 Å². The summed E-state index contributed by atoms with van der Waals surface area (Å²) < 4.78 is 0.172. The summed E-state index contributed by atoms with van der Waals surface area (Å²) in [6.07, 6.45) is 0. The van der Waals surface area contributed by atoms with Gasteiger partial charge in [-0.15, -0.1) is 0 Å². The van der Waals surface area contributed by atoms with Crippen LogP contribution in [0.4, 0.5) is 5.69 Å². The van der Waals surface area contributed by atoms with Crippen molar-refractivity contribution in [1.82, 2.24) is 0 Å². The van der Waals surface area contributed by atoms with E-state index >= 15 is 0 Å². The molecule has 1 rings (SSSR count). The molecule has 0 aromatic heterocycles. The monoisotopic (exact) mass is 259 g/mol. The van der Waals surface area contributed by atoms with Gasteiger partial charge in [-0.05, 0) is 28.9 Å². The lowest BCUT2D eigenvalue weighted by molar-refractivity contribution is -0.385. The molecule has 0 fully saturated rings. The Morgan fingerprint density at radius 2 is 2.14 bits per heavy atom. The minimum absolute atomic E-state index is 0.0578. The van der Waals surface area contributed by atoms with Crippen LogP contribution in [0.1, 0.15) is 17.3 Å². The Kier molecular flexibility index (Phi) is 2.85. The van der Waals surface area contributed by atoms with Crippen LogP contribution < -0.4 is 0 Å². The first-order chi connectivity index (χ1) is 6.43. The smallest absolute Gasteiger partial charge is 0.287 e. The Bertz CT molecular complexity index is 376. The van der Waals surface area contributed by atoms with Crippen LogP contribution >= 0.6 is 15.9 Å². The van der Waals surface area contributed by atoms with Crippen molar-refractivity contribution in [2.45, 2.75) is 6.92 Å². The number of carbonyl (C=O) groups excluding carboxylic acids is 1. The molecule has 0 bridgehead atoms. The van der Waals surface area contributed by atoms with Gasteiger partial charge in [0.05, 0.1) is 21.0 Å². The second-order valence-corrected chi connectivity index (χ2v) is 3.49. The zero-order valence-corrected chi connectivity index (χ0v) is 8.74. The van der Waals surface area contributed by atoms with Gasteiger partial charge < -0.3 is 5.11 Å². The standard InChI is InChI=1S/C8H6BrNO4/c1-4(11)5-2-6(9)7(10(13)14)3-8(5)12/h2-3,12H,1H3. The number of benzene rings is 1. The zero-order chi connectivity index (χ0) is 10.9. The lowest BCUT2D eigenvalue weighted by Gasteiger charge is -2.01. The molecule has 0 radical (unpaired) electrons. The molecule has 0 heterocycles. The predicted molar refractivity (Wildman–Crippen MR) is 52.5 cm³/mol. The van der Waals surface area contributed by atoms with Crippen molar-refractivity contribution in [1.29, 1.82) is 0 Å². The van der Waals surface area contributed by atoms with Gasteiger partial charge in [-0.1, -0.05) is 0 Å². The topological polar surface area (TPSA) is 80.4 Å². The van der Waals surface area contributed by atoms with Crippen LogP contribution in [0.2, 0.25) is 0 Å². The van der Waals surface area contributed by atoms with E-state index in [4.69, 9.17) is 0 Å². The van der Waals surface area contributed by atoms with E-state index in [1.54, 1.807) is 0 Å². The highest BCUT2D eigenvalue weighted by Gasteiger charge is 2.17. The highest BCUT2D eigenvalue weighted by Crippen LogP contribution is 2.32. The Morgan fingerprint density at radius 3 is 2.57 bits per heavy atom. The first-order valence-electron chi connectivity index (χ1n) is 3.61. The molecule has 0 aliphatic carbocycles. The molecule has 1 aromatic carbocycles. The van der Waals surface area contributed by atoms with Gasteiger partial charge in [-0.25, -0.2) is 0 Å². The van der Waals surface area contributed by atoms with Gasteiger partial charge in [0.1, 0.15) is 5.75 Å². The number of ketones is 1. The fourth-order valence-electron chi connectivity index (χ4n) is 0.973. The summed E-state index contributed by atoms with van der Waals surface area (Å²) >= 11 is 2.95. The quantitative estimate of drug-likeness (QED) is 0.502. The number of phenols is 1. The van der Waals surface area contributed by atoms with Gasteiger partial charge in [-0.3, -0.25) is 14.9 Å². The summed E-state index contributed by atoms with van der Waals surface area (Å²) in [6.45, 7) is 1.27. The molecule has 0 spiro atoms. The van der Waals surface area contributed by atoms with Gasteiger partial charge >= 0.3 is 0 Å². The maximum Gasteiger partial charge on any atom is 0.287 e. The van der Waals surface area contributed by atoms with E-state index < -0.39 is 4.92 Å². The van der Waals surface area contributed by atoms with E-state index in [0.29, 0.717) is 0 Å². The molecular weight excluding hydrogens is 254 g/mol. The van der Waals surface area contributed by atoms with Crippen molar-refractivity contribution in [3.63, 3.8) is 0 Å². The van der Waals surface area contributed by atoms with E-state index in [1.165, 1.54) is 13.0 Å². The molecule has 0 amide bonds. The Hall–Kier alpha value is -1.43. The SMILES string of the molecule is CC(=O)c1cc(Br)c([N+](=O)[O-])cc1O. The van der Waals surface area contributed by atoms with Crippen LogP contribution in [0.5, 0.6) is 5.75 Å². The van der Waals surface area contributed by atoms with Crippen molar-refractivity contribution >= 4 is 27.4 Å². The van der Waals surface area contributed by atoms with Gasteiger partial charge in [0.15, 0.2) is 5.78 Å². The Balaban J connectivity index is 3.38. The number of carbonyl (C=O) groups is 1. The summed E-state index contributed by atoms with van der Waals surface area (Å²) in [5, 5.41) is 19.7. The summed E-state index contributed by atoms with van der Waals surface area (Å²) in [5.74, 6) is -0.731. The fraction of sp³-hybridized carbons (Fsp3) is 0.125. The van der Waals surface area contributed by atoms with Crippen LogP contribution in [0.15, 0.2) is 16.6 Å². The summed E-state index contributed by atoms with van der Waals surface area (Å²) in [5.41, 5.74) is -0.213. The van der Waals surface area contributed by atoms with E-state index in [9.17, 15) is 20.0 Å². The molecule has 0 atom stereocenters. The zero-order valence-electron chi connectivity index (χ0n) is 7.15. The number of hydrogen-bond donors (Lipinski definition) is 1. The minimum atomic E-state index is -0.645. The maximum absolute atomic E-state index is 10.9. The molecular formula is C8H6BrNO4. The lowest BCUT2D eigenvalue weighted by Crippen LogP contribution is -1.96. The second kappa shape index (κ2) is 3.75. The highest BCUT2D eigenvalue weighted by atomic mass is 79.9. The Morgan fingerprint density at radius 1 is 1.57 bits per heavy atom. The van der Waals surface area contributed by atoms with Crippen molar-refractivity contribution < 1.29 is 14.8 Å². The molecule has 0 aliphatic rings. The maximum atomic E-state index is 10.9. The van der Waals surface area contributed by atoms with E-state index in [1.807, 2.05) is 0 Å². The number of Topliss-reactive ketones (excluding diaryl/α,β-unsaturated/α-hetero) is 1. The van der Waals surface area contributed by atoms with Crippen LogP contribution in [-0.4, -0.2) is 15.8 Å². The molecule has 74 valence electrons. The second-order valence-electron chi connectivity index (χ2n) is 2.63. The molecule has 0 unspecified atom stereocenters. The number of halogens is 1. The third-order valence-electron chi connectivity index (χ3n) is 1.64. The molecule has 0 saturated carbocycles. The van der Waals surface area contributed by atoms with E-state index in [2.05, 4.69) is 15.9 Å². The molecule has 1 aromatic rings. The fourth-order valence-corrected chi connectivity index (χ4v) is 1.46. The number of nitrogens with zero attached hydrogens (tertiary/aromatic N) is 1. The predicted octanol–water partition coefficient (Wildman–Crippen LogP) is 2.27. The molecule has 0 aliphatic heterocycles.